The van der Waals surface area contributed by atoms with Crippen molar-refractivity contribution in [3.05, 3.63) is 47.3 Å². The molecule has 1 aromatic carbocycles. The van der Waals surface area contributed by atoms with Crippen LogP contribution in [0.4, 0.5) is 4.79 Å². The SMILES string of the molecule is Cc1cc(C)n(-c2ccccc2CNC(=O)NCCCO)n1. The number of para-hydroxylation sites is 1. The van der Waals surface area contributed by atoms with E-state index in [9.17, 15) is 4.79 Å². The van der Waals surface area contributed by atoms with Crippen LogP contribution in [-0.4, -0.2) is 34.1 Å². The highest BCUT2D eigenvalue weighted by Crippen LogP contribution is 2.16. The number of amides is 2. The van der Waals surface area contributed by atoms with Crippen LogP contribution in [0.15, 0.2) is 30.3 Å². The summed E-state index contributed by atoms with van der Waals surface area (Å²) in [6, 6.07) is 9.63. The van der Waals surface area contributed by atoms with E-state index in [0.29, 0.717) is 19.5 Å². The summed E-state index contributed by atoms with van der Waals surface area (Å²) in [7, 11) is 0. The maximum absolute atomic E-state index is 11.7. The van der Waals surface area contributed by atoms with Gasteiger partial charge in [0.15, 0.2) is 0 Å². The molecule has 0 aliphatic heterocycles. The van der Waals surface area contributed by atoms with Crippen LogP contribution in [0.2, 0.25) is 0 Å². The zero-order valence-electron chi connectivity index (χ0n) is 13.0. The van der Waals surface area contributed by atoms with Gasteiger partial charge in [-0.3, -0.25) is 0 Å². The smallest absolute Gasteiger partial charge is 0.315 e. The molecule has 2 amide bonds. The quantitative estimate of drug-likeness (QED) is 0.710. The second kappa shape index (κ2) is 7.61. The molecule has 118 valence electrons. The molecule has 0 unspecified atom stereocenters. The lowest BCUT2D eigenvalue weighted by Gasteiger charge is -2.12. The molecule has 6 heteroatoms. The molecule has 1 aromatic heterocycles. The summed E-state index contributed by atoms with van der Waals surface area (Å²) < 4.78 is 1.88. The number of hydrogen-bond acceptors (Lipinski definition) is 3. The van der Waals surface area contributed by atoms with Gasteiger partial charge >= 0.3 is 6.03 Å². The molecule has 22 heavy (non-hydrogen) atoms. The Kier molecular flexibility index (Phi) is 5.55. The van der Waals surface area contributed by atoms with E-state index in [0.717, 1.165) is 22.6 Å². The minimum absolute atomic E-state index is 0.0705. The van der Waals surface area contributed by atoms with E-state index in [2.05, 4.69) is 15.7 Å². The van der Waals surface area contributed by atoms with Crippen molar-refractivity contribution in [2.45, 2.75) is 26.8 Å². The molecule has 1 heterocycles. The van der Waals surface area contributed by atoms with Crippen LogP contribution in [0.3, 0.4) is 0 Å². The monoisotopic (exact) mass is 302 g/mol. The van der Waals surface area contributed by atoms with Crippen molar-refractivity contribution in [2.75, 3.05) is 13.2 Å². The molecule has 2 rings (SSSR count). The van der Waals surface area contributed by atoms with Gasteiger partial charge in [-0.05, 0) is 38.0 Å². The first kappa shape index (κ1) is 16.0. The van der Waals surface area contributed by atoms with Crippen LogP contribution in [-0.2, 0) is 6.54 Å². The predicted octanol–water partition coefficient (Wildman–Crippen LogP) is 1.67. The highest BCUT2D eigenvalue weighted by atomic mass is 16.3. The fraction of sp³-hybridized carbons (Fsp3) is 0.375. The first-order valence-corrected chi connectivity index (χ1v) is 7.36. The highest BCUT2D eigenvalue weighted by molar-refractivity contribution is 5.73. The summed E-state index contributed by atoms with van der Waals surface area (Å²) in [4.78, 5) is 11.7. The molecule has 0 aliphatic rings. The van der Waals surface area contributed by atoms with Crippen LogP contribution in [0.25, 0.3) is 5.69 Å². The third-order valence-corrected chi connectivity index (χ3v) is 3.29. The molecule has 0 spiro atoms. The predicted molar refractivity (Wildman–Crippen MR) is 85.0 cm³/mol. The van der Waals surface area contributed by atoms with E-state index in [-0.39, 0.29) is 12.6 Å². The van der Waals surface area contributed by atoms with Crippen molar-refractivity contribution in [1.82, 2.24) is 20.4 Å². The summed E-state index contributed by atoms with van der Waals surface area (Å²) in [5.74, 6) is 0. The van der Waals surface area contributed by atoms with Crippen LogP contribution >= 0.6 is 0 Å². The fourth-order valence-corrected chi connectivity index (χ4v) is 2.26. The Morgan fingerprint density at radius 1 is 1.27 bits per heavy atom. The molecule has 6 nitrogen and oxygen atoms in total. The number of aromatic nitrogens is 2. The van der Waals surface area contributed by atoms with E-state index in [1.807, 2.05) is 48.9 Å². The maximum Gasteiger partial charge on any atom is 0.315 e. The summed E-state index contributed by atoms with van der Waals surface area (Å²) in [6.07, 6.45) is 0.551. The number of nitrogens with zero attached hydrogens (tertiary/aromatic N) is 2. The number of rotatable bonds is 6. The fourth-order valence-electron chi connectivity index (χ4n) is 2.26. The van der Waals surface area contributed by atoms with Gasteiger partial charge in [-0.1, -0.05) is 18.2 Å². The maximum atomic E-state index is 11.7. The van der Waals surface area contributed by atoms with Gasteiger partial charge in [-0.15, -0.1) is 0 Å². The average molecular weight is 302 g/mol. The lowest BCUT2D eigenvalue weighted by atomic mass is 10.1. The van der Waals surface area contributed by atoms with Gasteiger partial charge in [0.1, 0.15) is 0 Å². The Bertz CT molecular complexity index is 637. The van der Waals surface area contributed by atoms with Gasteiger partial charge in [0.05, 0.1) is 11.4 Å². The zero-order valence-corrected chi connectivity index (χ0v) is 13.0. The first-order chi connectivity index (χ1) is 10.6. The van der Waals surface area contributed by atoms with Crippen molar-refractivity contribution in [3.8, 4) is 5.69 Å². The summed E-state index contributed by atoms with van der Waals surface area (Å²) >= 11 is 0. The molecule has 0 bridgehead atoms. The topological polar surface area (TPSA) is 79.2 Å². The largest absolute Gasteiger partial charge is 0.396 e. The number of aliphatic hydroxyl groups excluding tert-OH is 1. The molecular weight excluding hydrogens is 280 g/mol. The molecule has 0 saturated heterocycles. The normalized spacial score (nSPS) is 10.5. The van der Waals surface area contributed by atoms with Crippen molar-refractivity contribution in [3.63, 3.8) is 0 Å². The number of hydrogen-bond donors (Lipinski definition) is 3. The Balaban J connectivity index is 2.06. The van der Waals surface area contributed by atoms with E-state index in [1.54, 1.807) is 0 Å². The average Bonchev–Trinajstić information content (AvgIpc) is 2.84. The summed E-state index contributed by atoms with van der Waals surface area (Å²) in [5, 5.41) is 18.7. The minimum atomic E-state index is -0.239. The second-order valence-electron chi connectivity index (χ2n) is 5.15. The molecule has 0 fully saturated rings. The number of aliphatic hydroxyl groups is 1. The van der Waals surface area contributed by atoms with E-state index in [1.165, 1.54) is 0 Å². The van der Waals surface area contributed by atoms with Crippen molar-refractivity contribution in [2.24, 2.45) is 0 Å². The molecule has 2 aromatic rings. The standard InChI is InChI=1S/C16H22N4O2/c1-12-10-13(2)20(19-12)15-7-4-3-6-14(15)11-18-16(22)17-8-5-9-21/h3-4,6-7,10,21H,5,8-9,11H2,1-2H3,(H2,17,18,22). The second-order valence-corrected chi connectivity index (χ2v) is 5.15. The summed E-state index contributed by atoms with van der Waals surface area (Å²) in [5.41, 5.74) is 3.97. The third kappa shape index (κ3) is 4.08. The van der Waals surface area contributed by atoms with Crippen LogP contribution < -0.4 is 10.6 Å². The van der Waals surface area contributed by atoms with Gasteiger partial charge in [0, 0.05) is 25.4 Å². The molecular formula is C16H22N4O2. The Labute approximate surface area is 130 Å². The highest BCUT2D eigenvalue weighted by Gasteiger charge is 2.09. The number of carbonyl (C=O) groups excluding carboxylic acids is 1. The minimum Gasteiger partial charge on any atom is -0.396 e. The third-order valence-electron chi connectivity index (χ3n) is 3.29. The van der Waals surface area contributed by atoms with Gasteiger partial charge in [-0.25, -0.2) is 9.48 Å². The Hall–Kier alpha value is -2.34. The van der Waals surface area contributed by atoms with Gasteiger partial charge in [0.2, 0.25) is 0 Å². The molecule has 3 N–H and O–H groups in total. The van der Waals surface area contributed by atoms with E-state index < -0.39 is 0 Å². The van der Waals surface area contributed by atoms with Crippen molar-refractivity contribution < 1.29 is 9.90 Å². The van der Waals surface area contributed by atoms with Gasteiger partial charge in [0.25, 0.3) is 0 Å². The molecule has 0 aliphatic carbocycles. The lowest BCUT2D eigenvalue weighted by molar-refractivity contribution is 0.237. The number of benzene rings is 1. The Morgan fingerprint density at radius 2 is 2.05 bits per heavy atom. The van der Waals surface area contributed by atoms with Gasteiger partial charge in [-0.2, -0.15) is 5.10 Å². The van der Waals surface area contributed by atoms with Crippen molar-refractivity contribution in [1.29, 1.82) is 0 Å². The van der Waals surface area contributed by atoms with Crippen LogP contribution in [0, 0.1) is 13.8 Å². The van der Waals surface area contributed by atoms with E-state index in [4.69, 9.17) is 5.11 Å². The first-order valence-electron chi connectivity index (χ1n) is 7.36. The number of urea groups is 1. The molecule has 0 radical (unpaired) electrons. The lowest BCUT2D eigenvalue weighted by Crippen LogP contribution is -2.36. The molecule has 0 atom stereocenters. The number of carbonyl (C=O) groups is 1. The van der Waals surface area contributed by atoms with Gasteiger partial charge < -0.3 is 15.7 Å². The Morgan fingerprint density at radius 3 is 2.73 bits per heavy atom. The molecule has 0 saturated carbocycles. The number of aryl methyl sites for hydroxylation is 2. The summed E-state index contributed by atoms with van der Waals surface area (Å²) in [6.45, 7) is 4.91. The number of nitrogens with one attached hydrogen (secondary N) is 2. The zero-order chi connectivity index (χ0) is 15.9. The van der Waals surface area contributed by atoms with Crippen LogP contribution in [0.5, 0.6) is 0 Å². The van der Waals surface area contributed by atoms with Crippen LogP contribution in [0.1, 0.15) is 23.4 Å². The van der Waals surface area contributed by atoms with E-state index >= 15 is 0 Å². The van der Waals surface area contributed by atoms with Crippen molar-refractivity contribution >= 4 is 6.03 Å².